The Hall–Kier alpha value is -0.770. The summed E-state index contributed by atoms with van der Waals surface area (Å²) in [7, 11) is 0. The average Bonchev–Trinajstić information content (AvgIpc) is 2.36. The number of aliphatic imine (C=N–C) groups is 1. The largest absolute Gasteiger partial charge is 0.393 e. The van der Waals surface area contributed by atoms with E-state index < -0.39 is 0 Å². The van der Waals surface area contributed by atoms with Gasteiger partial charge in [-0.25, -0.2) is 4.99 Å². The number of piperidine rings is 1. The lowest BCUT2D eigenvalue weighted by Crippen LogP contribution is -2.51. The van der Waals surface area contributed by atoms with E-state index >= 15 is 0 Å². The molecule has 2 atom stereocenters. The van der Waals surface area contributed by atoms with Crippen molar-refractivity contribution >= 4 is 5.96 Å². The number of rotatable bonds is 0. The molecular weight excluding hydrogens is 202 g/mol. The van der Waals surface area contributed by atoms with Gasteiger partial charge in [-0.1, -0.05) is 0 Å². The summed E-state index contributed by atoms with van der Waals surface area (Å²) in [6, 6.07) is 0.805. The highest BCUT2D eigenvalue weighted by atomic mass is 16.3. The first-order chi connectivity index (χ1) is 7.37. The van der Waals surface area contributed by atoms with Crippen molar-refractivity contribution in [1.82, 2.24) is 4.90 Å². The zero-order valence-corrected chi connectivity index (χ0v) is 10.5. The topological polar surface area (TPSA) is 61.8 Å². The van der Waals surface area contributed by atoms with E-state index in [1.54, 1.807) is 0 Å². The van der Waals surface area contributed by atoms with Crippen LogP contribution in [0.25, 0.3) is 0 Å². The molecule has 4 heteroatoms. The van der Waals surface area contributed by atoms with E-state index in [0.29, 0.717) is 18.0 Å². The molecule has 16 heavy (non-hydrogen) atoms. The van der Waals surface area contributed by atoms with Crippen molar-refractivity contribution in [3.63, 3.8) is 0 Å². The number of nitrogens with zero attached hydrogens (tertiary/aromatic N) is 2. The van der Waals surface area contributed by atoms with E-state index in [9.17, 15) is 5.11 Å². The van der Waals surface area contributed by atoms with Gasteiger partial charge in [-0.3, -0.25) is 0 Å². The predicted octanol–water partition coefficient (Wildman–Crippen LogP) is 1.09. The standard InChI is InChI=1S/C12H23N3O/c1-12(2,3)14-11(13)15-8-4-5-9(15)7-10(16)6-8/h8-10,16H,4-7H2,1-3H3,(H2,13,14). The maximum absolute atomic E-state index is 9.71. The van der Waals surface area contributed by atoms with E-state index in [2.05, 4.69) is 30.7 Å². The van der Waals surface area contributed by atoms with Crippen LogP contribution in [0.2, 0.25) is 0 Å². The molecule has 2 bridgehead atoms. The van der Waals surface area contributed by atoms with Crippen LogP contribution in [-0.4, -0.2) is 39.7 Å². The summed E-state index contributed by atoms with van der Waals surface area (Å²) in [5.41, 5.74) is 5.97. The third-order valence-electron chi connectivity index (χ3n) is 3.42. The maximum atomic E-state index is 9.71. The monoisotopic (exact) mass is 225 g/mol. The molecule has 2 fully saturated rings. The van der Waals surface area contributed by atoms with E-state index in [1.807, 2.05) is 0 Å². The van der Waals surface area contributed by atoms with Crippen molar-refractivity contribution < 1.29 is 5.11 Å². The van der Waals surface area contributed by atoms with E-state index in [0.717, 1.165) is 25.7 Å². The lowest BCUT2D eigenvalue weighted by Gasteiger charge is -2.38. The minimum Gasteiger partial charge on any atom is -0.393 e. The number of nitrogens with two attached hydrogens (primary N) is 1. The lowest BCUT2D eigenvalue weighted by molar-refractivity contribution is 0.0701. The Kier molecular flexibility index (Phi) is 2.86. The molecule has 0 aromatic heterocycles. The molecule has 0 aliphatic carbocycles. The Bertz CT molecular complexity index is 281. The van der Waals surface area contributed by atoms with Gasteiger partial charge < -0.3 is 15.7 Å². The molecule has 0 amide bonds. The minimum absolute atomic E-state index is 0.125. The highest BCUT2D eigenvalue weighted by Crippen LogP contribution is 2.35. The maximum Gasteiger partial charge on any atom is 0.192 e. The fraction of sp³-hybridized carbons (Fsp3) is 0.917. The predicted molar refractivity (Wildman–Crippen MR) is 65.3 cm³/mol. The second-order valence-electron chi connectivity index (χ2n) is 6.06. The van der Waals surface area contributed by atoms with Crippen LogP contribution in [0.15, 0.2) is 4.99 Å². The summed E-state index contributed by atoms with van der Waals surface area (Å²) < 4.78 is 0. The van der Waals surface area contributed by atoms with Gasteiger partial charge in [-0.15, -0.1) is 0 Å². The van der Waals surface area contributed by atoms with Gasteiger partial charge in [0.05, 0.1) is 11.6 Å². The number of aliphatic hydroxyl groups is 1. The lowest BCUT2D eigenvalue weighted by atomic mass is 10.0. The molecule has 3 N–H and O–H groups in total. The molecule has 0 saturated carbocycles. The Balaban J connectivity index is 2.14. The number of aliphatic hydroxyl groups excluding tert-OH is 1. The van der Waals surface area contributed by atoms with Crippen molar-refractivity contribution in [3.8, 4) is 0 Å². The zero-order chi connectivity index (χ0) is 11.9. The number of hydrogen-bond donors (Lipinski definition) is 2. The molecule has 0 aromatic carbocycles. The van der Waals surface area contributed by atoms with Crippen LogP contribution in [0, 0.1) is 0 Å². The molecule has 2 aliphatic heterocycles. The fourth-order valence-electron chi connectivity index (χ4n) is 2.92. The summed E-state index contributed by atoms with van der Waals surface area (Å²) in [4.78, 5) is 6.77. The molecule has 0 spiro atoms. The molecule has 2 heterocycles. The van der Waals surface area contributed by atoms with Gasteiger partial charge in [0.2, 0.25) is 0 Å². The molecule has 2 rings (SSSR count). The van der Waals surface area contributed by atoms with Crippen molar-refractivity contribution in [3.05, 3.63) is 0 Å². The van der Waals surface area contributed by atoms with E-state index in [1.165, 1.54) is 0 Å². The van der Waals surface area contributed by atoms with Crippen LogP contribution in [0.1, 0.15) is 46.5 Å². The smallest absolute Gasteiger partial charge is 0.192 e. The highest BCUT2D eigenvalue weighted by Gasteiger charge is 2.41. The molecular formula is C12H23N3O. The van der Waals surface area contributed by atoms with Crippen LogP contribution in [0.4, 0.5) is 0 Å². The number of hydrogen-bond acceptors (Lipinski definition) is 2. The molecule has 92 valence electrons. The van der Waals surface area contributed by atoms with Gasteiger partial charge in [0.1, 0.15) is 0 Å². The number of guanidine groups is 1. The van der Waals surface area contributed by atoms with Gasteiger partial charge in [0, 0.05) is 12.1 Å². The van der Waals surface area contributed by atoms with Crippen LogP contribution in [0.5, 0.6) is 0 Å². The van der Waals surface area contributed by atoms with Gasteiger partial charge in [-0.05, 0) is 46.5 Å². The molecule has 4 nitrogen and oxygen atoms in total. The molecule has 0 aromatic rings. The van der Waals surface area contributed by atoms with Gasteiger partial charge >= 0.3 is 0 Å². The molecule has 2 saturated heterocycles. The summed E-state index contributed by atoms with van der Waals surface area (Å²) in [6.45, 7) is 6.17. The molecule has 2 unspecified atom stereocenters. The van der Waals surface area contributed by atoms with Crippen LogP contribution >= 0.6 is 0 Å². The van der Waals surface area contributed by atoms with Gasteiger partial charge in [0.25, 0.3) is 0 Å². The Labute approximate surface area is 97.5 Å². The first-order valence-electron chi connectivity index (χ1n) is 6.18. The summed E-state index contributed by atoms with van der Waals surface area (Å²) in [5, 5.41) is 9.71. The van der Waals surface area contributed by atoms with Crippen molar-refractivity contribution in [2.75, 3.05) is 0 Å². The first kappa shape index (κ1) is 11.7. The van der Waals surface area contributed by atoms with E-state index in [4.69, 9.17) is 5.73 Å². The van der Waals surface area contributed by atoms with Gasteiger partial charge in [0.15, 0.2) is 5.96 Å². The van der Waals surface area contributed by atoms with Crippen LogP contribution < -0.4 is 5.73 Å². The van der Waals surface area contributed by atoms with Crippen LogP contribution in [0.3, 0.4) is 0 Å². The fourth-order valence-corrected chi connectivity index (χ4v) is 2.92. The average molecular weight is 225 g/mol. The summed E-state index contributed by atoms with van der Waals surface area (Å²) >= 11 is 0. The van der Waals surface area contributed by atoms with E-state index in [-0.39, 0.29) is 11.6 Å². The third-order valence-corrected chi connectivity index (χ3v) is 3.42. The SMILES string of the molecule is CC(C)(C)N=C(N)N1C2CCC1CC(O)C2. The van der Waals surface area contributed by atoms with Crippen molar-refractivity contribution in [1.29, 1.82) is 0 Å². The zero-order valence-electron chi connectivity index (χ0n) is 10.5. The third kappa shape index (κ3) is 2.32. The normalized spacial score (nSPS) is 35.6. The summed E-state index contributed by atoms with van der Waals surface area (Å²) in [6.07, 6.45) is 3.83. The second kappa shape index (κ2) is 3.91. The van der Waals surface area contributed by atoms with Crippen molar-refractivity contribution in [2.24, 2.45) is 10.7 Å². The highest BCUT2D eigenvalue weighted by molar-refractivity contribution is 5.79. The van der Waals surface area contributed by atoms with Crippen LogP contribution in [-0.2, 0) is 0 Å². The second-order valence-corrected chi connectivity index (χ2v) is 6.06. The Morgan fingerprint density at radius 1 is 1.25 bits per heavy atom. The quantitative estimate of drug-likeness (QED) is 0.479. The summed E-state index contributed by atoms with van der Waals surface area (Å²) in [5.74, 6) is 0.659. The Morgan fingerprint density at radius 2 is 1.75 bits per heavy atom. The van der Waals surface area contributed by atoms with Gasteiger partial charge in [-0.2, -0.15) is 0 Å². The molecule has 2 aliphatic rings. The number of fused-ring (bicyclic) bond motifs is 2. The van der Waals surface area contributed by atoms with Crippen molar-refractivity contribution in [2.45, 2.75) is 70.2 Å². The Morgan fingerprint density at radius 3 is 2.19 bits per heavy atom. The first-order valence-corrected chi connectivity index (χ1v) is 6.18. The minimum atomic E-state index is -0.142. The molecule has 0 radical (unpaired) electrons.